The van der Waals surface area contributed by atoms with E-state index in [1.165, 1.54) is 0 Å². The van der Waals surface area contributed by atoms with Crippen molar-refractivity contribution in [3.8, 4) is 0 Å². The van der Waals surface area contributed by atoms with Gasteiger partial charge in [-0.15, -0.1) is 0 Å². The maximum atomic E-state index is 11.8. The Kier molecular flexibility index (Phi) is 2.37. The Bertz CT molecular complexity index is 533. The Balaban J connectivity index is 2.92. The number of rotatable bonds is 1. The lowest BCUT2D eigenvalue weighted by molar-refractivity contribution is 0.787. The van der Waals surface area contributed by atoms with Crippen LogP contribution in [0.2, 0.25) is 0 Å². The van der Waals surface area contributed by atoms with E-state index >= 15 is 0 Å². The minimum absolute atomic E-state index is 0.00468. The van der Waals surface area contributed by atoms with E-state index in [0.29, 0.717) is 10.7 Å². The van der Waals surface area contributed by atoms with Gasteiger partial charge in [0.05, 0.1) is 16.2 Å². The quantitative estimate of drug-likeness (QED) is 0.726. The molecule has 0 saturated heterocycles. The molecule has 1 aromatic heterocycles. The van der Waals surface area contributed by atoms with Crippen molar-refractivity contribution >= 4 is 26.8 Å². The zero-order chi connectivity index (χ0) is 10.1. The summed E-state index contributed by atoms with van der Waals surface area (Å²) in [4.78, 5) is 16.2. The molecule has 0 bridgehead atoms. The molecule has 4 heteroatoms. The largest absolute Gasteiger partial charge is 0.299 e. The summed E-state index contributed by atoms with van der Waals surface area (Å²) in [5.41, 5.74) is 0.759. The Morgan fingerprint density at radius 1 is 1.43 bits per heavy atom. The molecule has 0 radical (unpaired) electrons. The third kappa shape index (κ3) is 1.35. The van der Waals surface area contributed by atoms with E-state index in [4.69, 9.17) is 0 Å². The van der Waals surface area contributed by atoms with Crippen LogP contribution in [0, 0.1) is 0 Å². The first kappa shape index (κ1) is 9.40. The molecule has 2 aromatic rings. The van der Waals surface area contributed by atoms with Crippen molar-refractivity contribution in [1.82, 2.24) is 9.55 Å². The topological polar surface area (TPSA) is 34.9 Å². The van der Waals surface area contributed by atoms with E-state index in [9.17, 15) is 4.79 Å². The monoisotopic (exact) mass is 252 g/mol. The van der Waals surface area contributed by atoms with Crippen LogP contribution < -0.4 is 5.56 Å². The van der Waals surface area contributed by atoms with Gasteiger partial charge in [-0.2, -0.15) is 0 Å². The number of benzene rings is 1. The summed E-state index contributed by atoms with van der Waals surface area (Å²) < 4.78 is 1.57. The molecule has 1 heterocycles. The molecule has 3 nitrogen and oxygen atoms in total. The molecule has 0 fully saturated rings. The smallest absolute Gasteiger partial charge is 0.261 e. The van der Waals surface area contributed by atoms with Gasteiger partial charge in [0.25, 0.3) is 5.56 Å². The van der Waals surface area contributed by atoms with Gasteiger partial charge in [-0.1, -0.05) is 28.1 Å². The van der Waals surface area contributed by atoms with Crippen molar-refractivity contribution < 1.29 is 0 Å². The number of nitrogens with zero attached hydrogens (tertiary/aromatic N) is 2. The van der Waals surface area contributed by atoms with Crippen LogP contribution in [-0.4, -0.2) is 9.55 Å². The highest BCUT2D eigenvalue weighted by molar-refractivity contribution is 9.08. The van der Waals surface area contributed by atoms with Gasteiger partial charge in [-0.3, -0.25) is 9.36 Å². The highest BCUT2D eigenvalue weighted by Gasteiger charge is 2.05. The highest BCUT2D eigenvalue weighted by atomic mass is 79.9. The van der Waals surface area contributed by atoms with Crippen molar-refractivity contribution in [1.29, 1.82) is 0 Å². The first-order chi connectivity index (χ1) is 6.74. The van der Waals surface area contributed by atoms with Crippen LogP contribution in [0.25, 0.3) is 10.9 Å². The first-order valence-electron chi connectivity index (χ1n) is 4.24. The Morgan fingerprint density at radius 3 is 2.86 bits per heavy atom. The zero-order valence-corrected chi connectivity index (χ0v) is 9.28. The van der Waals surface area contributed by atoms with Gasteiger partial charge in [-0.25, -0.2) is 4.98 Å². The number of alkyl halides is 1. The van der Waals surface area contributed by atoms with Crippen molar-refractivity contribution in [2.75, 3.05) is 0 Å². The number of fused-ring (bicyclic) bond motifs is 1. The number of halogens is 1. The molecule has 0 amide bonds. The minimum Gasteiger partial charge on any atom is -0.299 e. The predicted octanol–water partition coefficient (Wildman–Crippen LogP) is 1.83. The number of hydrogen-bond donors (Lipinski definition) is 0. The van der Waals surface area contributed by atoms with Gasteiger partial charge in [0.15, 0.2) is 0 Å². The highest BCUT2D eigenvalue weighted by Crippen LogP contribution is 2.08. The lowest BCUT2D eigenvalue weighted by atomic mass is 10.2. The van der Waals surface area contributed by atoms with Crippen molar-refractivity contribution in [3.05, 3.63) is 40.4 Å². The summed E-state index contributed by atoms with van der Waals surface area (Å²) in [6, 6.07) is 7.37. The summed E-state index contributed by atoms with van der Waals surface area (Å²) in [6.07, 6.45) is 0. The zero-order valence-electron chi connectivity index (χ0n) is 7.70. The molecule has 0 atom stereocenters. The van der Waals surface area contributed by atoms with E-state index in [0.717, 1.165) is 11.3 Å². The fourth-order valence-electron chi connectivity index (χ4n) is 1.38. The summed E-state index contributed by atoms with van der Waals surface area (Å²) >= 11 is 3.31. The van der Waals surface area contributed by atoms with Crippen LogP contribution in [0.1, 0.15) is 5.82 Å². The maximum Gasteiger partial charge on any atom is 0.261 e. The molecule has 0 saturated carbocycles. The van der Waals surface area contributed by atoms with Crippen molar-refractivity contribution in [2.45, 2.75) is 5.33 Å². The van der Waals surface area contributed by atoms with Gasteiger partial charge in [-0.05, 0) is 12.1 Å². The fourth-order valence-corrected chi connectivity index (χ4v) is 1.88. The standard InChI is InChI=1S/C10H9BrN2O/c1-13-9(6-11)12-8-5-3-2-4-7(8)10(13)14/h2-5H,6H2,1H3. The van der Waals surface area contributed by atoms with Gasteiger partial charge in [0.1, 0.15) is 5.82 Å². The lowest BCUT2D eigenvalue weighted by Crippen LogP contribution is -2.21. The Labute approximate surface area is 89.5 Å². The molecule has 0 N–H and O–H groups in total. The molecule has 72 valence electrons. The summed E-state index contributed by atoms with van der Waals surface area (Å²) in [6.45, 7) is 0. The number of para-hydroxylation sites is 1. The maximum absolute atomic E-state index is 11.8. The number of hydrogen-bond acceptors (Lipinski definition) is 2. The molecule has 0 unspecified atom stereocenters. The van der Waals surface area contributed by atoms with E-state index in [2.05, 4.69) is 20.9 Å². The fraction of sp³-hybridized carbons (Fsp3) is 0.200. The Hall–Kier alpha value is -1.16. The van der Waals surface area contributed by atoms with Crippen LogP contribution >= 0.6 is 15.9 Å². The van der Waals surface area contributed by atoms with Gasteiger partial charge < -0.3 is 0 Å². The SMILES string of the molecule is Cn1c(CBr)nc2ccccc2c1=O. The second kappa shape index (κ2) is 3.53. The summed E-state index contributed by atoms with van der Waals surface area (Å²) in [7, 11) is 1.73. The van der Waals surface area contributed by atoms with Crippen molar-refractivity contribution in [3.63, 3.8) is 0 Å². The molecular weight excluding hydrogens is 244 g/mol. The predicted molar refractivity (Wildman–Crippen MR) is 59.6 cm³/mol. The second-order valence-corrected chi connectivity index (χ2v) is 3.60. The van der Waals surface area contributed by atoms with Gasteiger partial charge >= 0.3 is 0 Å². The van der Waals surface area contributed by atoms with Crippen LogP contribution in [0.4, 0.5) is 0 Å². The molecule has 2 rings (SSSR count). The molecule has 0 aliphatic rings. The third-order valence-electron chi connectivity index (χ3n) is 2.20. The number of aromatic nitrogens is 2. The minimum atomic E-state index is 0.00468. The van der Waals surface area contributed by atoms with Crippen LogP contribution in [0.5, 0.6) is 0 Å². The van der Waals surface area contributed by atoms with Crippen LogP contribution in [0.3, 0.4) is 0 Å². The molecule has 14 heavy (non-hydrogen) atoms. The Morgan fingerprint density at radius 2 is 2.14 bits per heavy atom. The summed E-state index contributed by atoms with van der Waals surface area (Å²) in [5.74, 6) is 0.744. The molecule has 0 aliphatic heterocycles. The molecule has 0 aliphatic carbocycles. The third-order valence-corrected chi connectivity index (χ3v) is 2.70. The van der Waals surface area contributed by atoms with E-state index < -0.39 is 0 Å². The van der Waals surface area contributed by atoms with E-state index in [1.54, 1.807) is 17.7 Å². The summed E-state index contributed by atoms with van der Waals surface area (Å²) in [5, 5.41) is 1.25. The molecule has 1 aromatic carbocycles. The van der Waals surface area contributed by atoms with Gasteiger partial charge in [0.2, 0.25) is 0 Å². The van der Waals surface area contributed by atoms with Crippen molar-refractivity contribution in [2.24, 2.45) is 7.05 Å². The average Bonchev–Trinajstić information content (AvgIpc) is 2.23. The first-order valence-corrected chi connectivity index (χ1v) is 5.37. The van der Waals surface area contributed by atoms with Gasteiger partial charge in [0, 0.05) is 7.05 Å². The van der Waals surface area contributed by atoms with Crippen LogP contribution in [-0.2, 0) is 12.4 Å². The van der Waals surface area contributed by atoms with E-state index in [1.807, 2.05) is 18.2 Å². The normalized spacial score (nSPS) is 10.7. The average molecular weight is 253 g/mol. The molecular formula is C10H9BrN2O. The van der Waals surface area contributed by atoms with Crippen LogP contribution in [0.15, 0.2) is 29.1 Å². The second-order valence-electron chi connectivity index (χ2n) is 3.04. The van der Waals surface area contributed by atoms with E-state index in [-0.39, 0.29) is 5.56 Å². The lowest BCUT2D eigenvalue weighted by Gasteiger charge is -2.05. The molecule has 0 spiro atoms.